The predicted octanol–water partition coefficient (Wildman–Crippen LogP) is 2.21. The molecular formula is C19H31N3O. The topological polar surface area (TPSA) is 35.6 Å². The second-order valence-electron chi connectivity index (χ2n) is 7.06. The van der Waals surface area contributed by atoms with Crippen LogP contribution in [-0.4, -0.2) is 60.5 Å². The average Bonchev–Trinajstić information content (AvgIpc) is 2.86. The molecule has 0 bridgehead atoms. The second kappa shape index (κ2) is 7.93. The van der Waals surface area contributed by atoms with Crippen molar-refractivity contribution in [1.82, 2.24) is 15.1 Å². The molecule has 0 aromatic carbocycles. The summed E-state index contributed by atoms with van der Waals surface area (Å²) in [6.45, 7) is 15.8. The van der Waals surface area contributed by atoms with E-state index in [1.54, 1.807) is 0 Å². The van der Waals surface area contributed by atoms with Crippen LogP contribution in [0.25, 0.3) is 0 Å². The monoisotopic (exact) mass is 317 g/mol. The van der Waals surface area contributed by atoms with Crippen LogP contribution in [0.2, 0.25) is 0 Å². The van der Waals surface area contributed by atoms with Crippen molar-refractivity contribution in [3.05, 3.63) is 36.5 Å². The fourth-order valence-corrected chi connectivity index (χ4v) is 3.67. The molecule has 0 aromatic heterocycles. The first kappa shape index (κ1) is 18.0. The Kier molecular flexibility index (Phi) is 6.19. The van der Waals surface area contributed by atoms with Gasteiger partial charge in [-0.3, -0.25) is 14.6 Å². The fourth-order valence-electron chi connectivity index (χ4n) is 3.67. The van der Waals surface area contributed by atoms with Crippen molar-refractivity contribution in [3.63, 3.8) is 0 Å². The van der Waals surface area contributed by atoms with Gasteiger partial charge in [0, 0.05) is 39.3 Å². The largest absolute Gasteiger partial charge is 0.354 e. The zero-order valence-corrected chi connectivity index (χ0v) is 14.8. The summed E-state index contributed by atoms with van der Waals surface area (Å²) in [7, 11) is 0. The fraction of sp³-hybridized carbons (Fsp3) is 0.632. The van der Waals surface area contributed by atoms with Crippen molar-refractivity contribution in [2.45, 2.75) is 32.7 Å². The Morgan fingerprint density at radius 3 is 2.78 bits per heavy atom. The summed E-state index contributed by atoms with van der Waals surface area (Å²) in [6, 6.07) is 0. The molecule has 2 aliphatic heterocycles. The van der Waals surface area contributed by atoms with E-state index in [2.05, 4.69) is 41.6 Å². The lowest BCUT2D eigenvalue weighted by molar-refractivity contribution is -0.134. The van der Waals surface area contributed by atoms with Crippen LogP contribution in [0.3, 0.4) is 0 Å². The first-order valence-corrected chi connectivity index (χ1v) is 8.72. The van der Waals surface area contributed by atoms with Gasteiger partial charge in [-0.15, -0.1) is 0 Å². The van der Waals surface area contributed by atoms with Crippen LogP contribution >= 0.6 is 0 Å². The van der Waals surface area contributed by atoms with Gasteiger partial charge in [-0.2, -0.15) is 0 Å². The lowest BCUT2D eigenvalue weighted by atomic mass is 9.90. The molecule has 2 fully saturated rings. The zero-order valence-electron chi connectivity index (χ0n) is 14.8. The number of hydrogen-bond donors (Lipinski definition) is 1. The summed E-state index contributed by atoms with van der Waals surface area (Å²) >= 11 is 0. The van der Waals surface area contributed by atoms with Crippen LogP contribution < -0.4 is 5.32 Å². The molecule has 0 radical (unpaired) electrons. The van der Waals surface area contributed by atoms with E-state index < -0.39 is 0 Å². The molecule has 2 rings (SSSR count). The van der Waals surface area contributed by atoms with Crippen molar-refractivity contribution < 1.29 is 4.79 Å². The Bertz CT molecular complexity index is 495. The summed E-state index contributed by atoms with van der Waals surface area (Å²) in [5.74, 6) is 0.821. The van der Waals surface area contributed by atoms with Gasteiger partial charge >= 0.3 is 0 Å². The molecule has 4 heteroatoms. The molecule has 1 spiro atoms. The number of carbonyl (C=O) groups excluding carboxylic acids is 1. The van der Waals surface area contributed by atoms with Gasteiger partial charge in [0.05, 0.1) is 0 Å². The van der Waals surface area contributed by atoms with Crippen LogP contribution in [-0.2, 0) is 4.79 Å². The lowest BCUT2D eigenvalue weighted by Gasteiger charge is -2.47. The van der Waals surface area contributed by atoms with E-state index in [0.717, 1.165) is 45.7 Å². The van der Waals surface area contributed by atoms with E-state index in [0.29, 0.717) is 5.92 Å². The molecule has 23 heavy (non-hydrogen) atoms. The first-order chi connectivity index (χ1) is 11.0. The van der Waals surface area contributed by atoms with Crippen molar-refractivity contribution in [2.24, 2.45) is 5.92 Å². The van der Waals surface area contributed by atoms with Crippen LogP contribution in [0.1, 0.15) is 27.2 Å². The smallest absolute Gasteiger partial charge is 0.241 e. The van der Waals surface area contributed by atoms with E-state index in [4.69, 9.17) is 0 Å². The number of nitrogens with zero attached hydrogens (tertiary/aromatic N) is 2. The Hall–Kier alpha value is -1.39. The molecule has 128 valence electrons. The minimum Gasteiger partial charge on any atom is -0.354 e. The quantitative estimate of drug-likeness (QED) is 0.763. The molecule has 2 aliphatic rings. The van der Waals surface area contributed by atoms with Gasteiger partial charge in [-0.1, -0.05) is 44.7 Å². The van der Waals surface area contributed by atoms with E-state index >= 15 is 0 Å². The van der Waals surface area contributed by atoms with Crippen LogP contribution in [0.15, 0.2) is 36.5 Å². The van der Waals surface area contributed by atoms with Crippen LogP contribution in [0.4, 0.5) is 0 Å². The summed E-state index contributed by atoms with van der Waals surface area (Å²) in [4.78, 5) is 17.5. The highest BCUT2D eigenvalue weighted by molar-refractivity contribution is 5.89. The number of allylic oxidation sites excluding steroid dienone is 3. The predicted molar refractivity (Wildman–Crippen MR) is 96.3 cm³/mol. The highest BCUT2D eigenvalue weighted by atomic mass is 16.2. The third-order valence-corrected chi connectivity index (χ3v) is 4.79. The summed E-state index contributed by atoms with van der Waals surface area (Å²) in [6.07, 6.45) is 8.94. The number of hydrogen-bond acceptors (Lipinski definition) is 3. The molecule has 1 atom stereocenters. The van der Waals surface area contributed by atoms with Crippen molar-refractivity contribution >= 4 is 5.91 Å². The number of nitrogens with one attached hydrogen (secondary N) is 1. The summed E-state index contributed by atoms with van der Waals surface area (Å²) in [5, 5.41) is 3.05. The van der Waals surface area contributed by atoms with Gasteiger partial charge in [0.15, 0.2) is 0 Å². The molecule has 2 saturated heterocycles. The van der Waals surface area contributed by atoms with E-state index in [1.165, 1.54) is 5.57 Å². The molecule has 1 N–H and O–H groups in total. The lowest BCUT2D eigenvalue weighted by Crippen LogP contribution is -2.66. The number of amides is 1. The van der Waals surface area contributed by atoms with E-state index in [-0.39, 0.29) is 11.4 Å². The van der Waals surface area contributed by atoms with Crippen LogP contribution in [0, 0.1) is 5.92 Å². The van der Waals surface area contributed by atoms with Crippen molar-refractivity contribution in [2.75, 3.05) is 39.3 Å². The molecule has 0 aliphatic carbocycles. The highest BCUT2D eigenvalue weighted by Gasteiger charge is 2.50. The molecule has 4 nitrogen and oxygen atoms in total. The molecule has 1 amide bonds. The normalized spacial score (nSPS) is 27.3. The number of piperazine rings is 1. The number of rotatable bonds is 6. The highest BCUT2D eigenvalue weighted by Crippen LogP contribution is 2.30. The van der Waals surface area contributed by atoms with Crippen LogP contribution in [0.5, 0.6) is 0 Å². The maximum atomic E-state index is 12.6. The average molecular weight is 317 g/mol. The Morgan fingerprint density at radius 1 is 1.43 bits per heavy atom. The Balaban J connectivity index is 2.18. The van der Waals surface area contributed by atoms with E-state index in [9.17, 15) is 4.79 Å². The minimum absolute atomic E-state index is 0.195. The van der Waals surface area contributed by atoms with Gasteiger partial charge in [0.25, 0.3) is 0 Å². The molecule has 0 saturated carbocycles. The standard InChI is InChI=1S/C19H31N3O/c1-5-7-8-17(6-2)14-22-12-11-21(13-16(3)4)15-19(22)9-10-20-18(19)23/h5-8,16H,2,9-15H2,1,3-4H3,(H,20,23)/b7-5-,17-8+. The third kappa shape index (κ3) is 4.12. The van der Waals surface area contributed by atoms with E-state index in [1.807, 2.05) is 25.2 Å². The summed E-state index contributed by atoms with van der Waals surface area (Å²) < 4.78 is 0. The maximum Gasteiger partial charge on any atom is 0.241 e. The van der Waals surface area contributed by atoms with Gasteiger partial charge in [-0.25, -0.2) is 0 Å². The minimum atomic E-state index is -0.370. The number of carbonyl (C=O) groups is 1. The Labute approximate surface area is 140 Å². The molecule has 2 heterocycles. The summed E-state index contributed by atoms with van der Waals surface area (Å²) in [5.41, 5.74) is 0.796. The van der Waals surface area contributed by atoms with Crippen molar-refractivity contribution in [1.29, 1.82) is 0 Å². The van der Waals surface area contributed by atoms with Crippen molar-refractivity contribution in [3.8, 4) is 0 Å². The first-order valence-electron chi connectivity index (χ1n) is 8.72. The van der Waals surface area contributed by atoms with Gasteiger partial charge < -0.3 is 5.32 Å². The SMILES string of the molecule is C=C/C(=C\C=C/C)CN1CCN(CC(C)C)CC12CCNC2=O. The molecule has 1 unspecified atom stereocenters. The second-order valence-corrected chi connectivity index (χ2v) is 7.06. The Morgan fingerprint density at radius 2 is 2.22 bits per heavy atom. The van der Waals surface area contributed by atoms with Gasteiger partial charge in [0.2, 0.25) is 5.91 Å². The third-order valence-electron chi connectivity index (χ3n) is 4.79. The zero-order chi connectivity index (χ0) is 16.9. The van der Waals surface area contributed by atoms with Gasteiger partial charge in [-0.05, 0) is 24.8 Å². The molecular weight excluding hydrogens is 286 g/mol. The molecule has 0 aromatic rings. The van der Waals surface area contributed by atoms with Gasteiger partial charge in [0.1, 0.15) is 5.54 Å². The maximum absolute atomic E-state index is 12.6.